The largest absolute Gasteiger partial charge is 0.507 e. The van der Waals surface area contributed by atoms with E-state index < -0.39 is 0 Å². The molecular formula is C10H11N5O. The predicted octanol–water partition coefficient (Wildman–Crippen LogP) is 0.717. The summed E-state index contributed by atoms with van der Waals surface area (Å²) in [5, 5.41) is 9.69. The highest BCUT2D eigenvalue weighted by Gasteiger charge is 2.09. The van der Waals surface area contributed by atoms with Crippen molar-refractivity contribution in [3.63, 3.8) is 0 Å². The van der Waals surface area contributed by atoms with Gasteiger partial charge in [-0.15, -0.1) is 0 Å². The summed E-state index contributed by atoms with van der Waals surface area (Å²) >= 11 is 0. The molecule has 0 saturated carbocycles. The lowest BCUT2D eigenvalue weighted by atomic mass is 10.1. The van der Waals surface area contributed by atoms with Gasteiger partial charge in [0.05, 0.1) is 5.56 Å². The number of nitrogens with two attached hydrogens (primary N) is 2. The van der Waals surface area contributed by atoms with E-state index in [1.165, 1.54) is 0 Å². The number of nitrogen functional groups attached to an aromatic ring is 2. The van der Waals surface area contributed by atoms with Crippen molar-refractivity contribution < 1.29 is 5.11 Å². The molecule has 16 heavy (non-hydrogen) atoms. The van der Waals surface area contributed by atoms with Crippen molar-refractivity contribution in [3.8, 4) is 17.1 Å². The van der Waals surface area contributed by atoms with Gasteiger partial charge in [0.2, 0.25) is 11.9 Å². The number of nitrogens with zero attached hydrogens (tertiary/aromatic N) is 3. The zero-order valence-electron chi connectivity index (χ0n) is 8.68. The molecule has 6 heteroatoms. The summed E-state index contributed by atoms with van der Waals surface area (Å²) in [6, 6.07) is 5.11. The van der Waals surface area contributed by atoms with E-state index in [0.717, 1.165) is 5.56 Å². The summed E-state index contributed by atoms with van der Waals surface area (Å²) < 4.78 is 0. The van der Waals surface area contributed by atoms with Crippen molar-refractivity contribution >= 4 is 11.9 Å². The normalized spacial score (nSPS) is 10.3. The van der Waals surface area contributed by atoms with Crippen LogP contribution in [0, 0.1) is 6.92 Å². The lowest BCUT2D eigenvalue weighted by Gasteiger charge is -2.05. The highest BCUT2D eigenvalue weighted by molar-refractivity contribution is 5.65. The lowest BCUT2D eigenvalue weighted by molar-refractivity contribution is 0.476. The molecule has 5 N–H and O–H groups in total. The van der Waals surface area contributed by atoms with E-state index in [4.69, 9.17) is 11.5 Å². The first-order chi connectivity index (χ1) is 7.56. The van der Waals surface area contributed by atoms with Gasteiger partial charge in [0.15, 0.2) is 5.82 Å². The van der Waals surface area contributed by atoms with Gasteiger partial charge in [0.25, 0.3) is 0 Å². The van der Waals surface area contributed by atoms with Gasteiger partial charge in [-0.3, -0.25) is 0 Å². The fraction of sp³-hybridized carbons (Fsp3) is 0.100. The summed E-state index contributed by atoms with van der Waals surface area (Å²) in [7, 11) is 0. The molecule has 0 atom stereocenters. The van der Waals surface area contributed by atoms with E-state index in [9.17, 15) is 5.11 Å². The van der Waals surface area contributed by atoms with E-state index in [1.807, 2.05) is 6.92 Å². The second kappa shape index (κ2) is 3.65. The van der Waals surface area contributed by atoms with Crippen LogP contribution in [0.3, 0.4) is 0 Å². The maximum Gasteiger partial charge on any atom is 0.225 e. The average Bonchev–Trinajstić information content (AvgIpc) is 2.20. The molecule has 6 nitrogen and oxygen atoms in total. The molecule has 1 aromatic heterocycles. The molecule has 0 aliphatic heterocycles. The second-order valence-electron chi connectivity index (χ2n) is 3.40. The van der Waals surface area contributed by atoms with Crippen LogP contribution in [-0.4, -0.2) is 20.1 Å². The van der Waals surface area contributed by atoms with Gasteiger partial charge in [0, 0.05) is 0 Å². The number of benzene rings is 1. The molecule has 0 aliphatic carbocycles. The molecule has 82 valence electrons. The highest BCUT2D eigenvalue weighted by Crippen LogP contribution is 2.27. The van der Waals surface area contributed by atoms with Gasteiger partial charge in [-0.05, 0) is 19.1 Å². The number of aromatic hydroxyl groups is 1. The molecule has 0 fully saturated rings. The van der Waals surface area contributed by atoms with Crippen molar-refractivity contribution in [2.75, 3.05) is 11.5 Å². The van der Waals surface area contributed by atoms with Gasteiger partial charge in [0.1, 0.15) is 5.75 Å². The minimum Gasteiger partial charge on any atom is -0.507 e. The molecule has 0 saturated heterocycles. The minimum absolute atomic E-state index is 0.0309. The number of aryl methyl sites for hydroxylation is 1. The number of hydrogen-bond donors (Lipinski definition) is 3. The Balaban J connectivity index is 2.62. The quantitative estimate of drug-likeness (QED) is 0.649. The SMILES string of the molecule is Cc1ccc(O)c(-c2nc(N)nc(N)n2)c1. The Morgan fingerprint density at radius 3 is 2.31 bits per heavy atom. The van der Waals surface area contributed by atoms with E-state index in [2.05, 4.69) is 15.0 Å². The van der Waals surface area contributed by atoms with Gasteiger partial charge >= 0.3 is 0 Å². The molecule has 2 aromatic rings. The van der Waals surface area contributed by atoms with Crippen molar-refractivity contribution in [2.45, 2.75) is 6.92 Å². The van der Waals surface area contributed by atoms with Crippen LogP contribution in [0.2, 0.25) is 0 Å². The van der Waals surface area contributed by atoms with E-state index in [0.29, 0.717) is 5.56 Å². The van der Waals surface area contributed by atoms with Crippen molar-refractivity contribution in [1.29, 1.82) is 0 Å². The number of phenolic OH excluding ortho intramolecular Hbond substituents is 1. The zero-order valence-corrected chi connectivity index (χ0v) is 8.68. The van der Waals surface area contributed by atoms with Crippen molar-refractivity contribution in [1.82, 2.24) is 15.0 Å². The van der Waals surface area contributed by atoms with E-state index in [-0.39, 0.29) is 23.5 Å². The van der Waals surface area contributed by atoms with E-state index in [1.54, 1.807) is 18.2 Å². The fourth-order valence-electron chi connectivity index (χ4n) is 1.36. The summed E-state index contributed by atoms with van der Waals surface area (Å²) in [5.41, 5.74) is 12.4. The average molecular weight is 217 g/mol. The van der Waals surface area contributed by atoms with Crippen LogP contribution in [0.25, 0.3) is 11.4 Å². The van der Waals surface area contributed by atoms with Crippen LogP contribution in [0.1, 0.15) is 5.56 Å². The Morgan fingerprint density at radius 1 is 1.06 bits per heavy atom. The topological polar surface area (TPSA) is 111 Å². The highest BCUT2D eigenvalue weighted by atomic mass is 16.3. The summed E-state index contributed by atoms with van der Waals surface area (Å²) in [6.07, 6.45) is 0. The standard InChI is InChI=1S/C10H11N5O/c1-5-2-3-7(16)6(4-5)8-13-9(11)15-10(12)14-8/h2-4,16H,1H3,(H4,11,12,13,14,15). The molecule has 0 unspecified atom stereocenters. The predicted molar refractivity (Wildman–Crippen MR) is 60.5 cm³/mol. The first kappa shape index (κ1) is 10.2. The minimum atomic E-state index is 0.0309. The van der Waals surface area contributed by atoms with Gasteiger partial charge in [-0.2, -0.15) is 15.0 Å². The third kappa shape index (κ3) is 1.85. The van der Waals surface area contributed by atoms with Crippen LogP contribution in [0.4, 0.5) is 11.9 Å². The second-order valence-corrected chi connectivity index (χ2v) is 3.40. The molecule has 2 rings (SSSR count). The Morgan fingerprint density at radius 2 is 1.69 bits per heavy atom. The maximum atomic E-state index is 9.69. The van der Waals surface area contributed by atoms with Crippen molar-refractivity contribution in [3.05, 3.63) is 23.8 Å². The molecular weight excluding hydrogens is 206 g/mol. The Bertz CT molecular complexity index is 520. The maximum absolute atomic E-state index is 9.69. The Labute approximate surface area is 92.0 Å². The molecule has 0 bridgehead atoms. The van der Waals surface area contributed by atoms with Crippen LogP contribution >= 0.6 is 0 Å². The smallest absolute Gasteiger partial charge is 0.225 e. The number of hydrogen-bond acceptors (Lipinski definition) is 6. The third-order valence-electron chi connectivity index (χ3n) is 2.06. The van der Waals surface area contributed by atoms with Crippen LogP contribution in [-0.2, 0) is 0 Å². The third-order valence-corrected chi connectivity index (χ3v) is 2.06. The summed E-state index contributed by atoms with van der Waals surface area (Å²) in [4.78, 5) is 11.5. The van der Waals surface area contributed by atoms with Crippen LogP contribution in [0.5, 0.6) is 5.75 Å². The Hall–Kier alpha value is -2.37. The molecule has 1 heterocycles. The molecule has 0 radical (unpaired) electrons. The molecule has 0 spiro atoms. The zero-order chi connectivity index (χ0) is 11.7. The van der Waals surface area contributed by atoms with E-state index >= 15 is 0 Å². The molecule has 1 aromatic carbocycles. The number of rotatable bonds is 1. The summed E-state index contributed by atoms with van der Waals surface area (Å²) in [5.74, 6) is 0.411. The van der Waals surface area contributed by atoms with Crippen molar-refractivity contribution in [2.24, 2.45) is 0 Å². The monoisotopic (exact) mass is 217 g/mol. The summed E-state index contributed by atoms with van der Waals surface area (Å²) in [6.45, 7) is 1.90. The lowest BCUT2D eigenvalue weighted by Crippen LogP contribution is -2.04. The number of phenols is 1. The van der Waals surface area contributed by atoms with Crippen LogP contribution in [0.15, 0.2) is 18.2 Å². The van der Waals surface area contributed by atoms with Gasteiger partial charge in [-0.25, -0.2) is 0 Å². The molecule has 0 aliphatic rings. The number of anilines is 2. The first-order valence-electron chi connectivity index (χ1n) is 4.63. The fourth-order valence-corrected chi connectivity index (χ4v) is 1.36. The molecule has 0 amide bonds. The Kier molecular flexibility index (Phi) is 2.32. The van der Waals surface area contributed by atoms with Gasteiger partial charge in [-0.1, -0.05) is 11.6 Å². The van der Waals surface area contributed by atoms with Crippen LogP contribution < -0.4 is 11.5 Å². The number of aromatic nitrogens is 3. The van der Waals surface area contributed by atoms with Gasteiger partial charge < -0.3 is 16.6 Å². The first-order valence-corrected chi connectivity index (χ1v) is 4.63.